The zero-order valence-corrected chi connectivity index (χ0v) is 20.5. The van der Waals surface area contributed by atoms with Gasteiger partial charge in [0.1, 0.15) is 0 Å². The molecule has 5 nitrogen and oxygen atoms in total. The molecule has 33 heavy (non-hydrogen) atoms. The van der Waals surface area contributed by atoms with Gasteiger partial charge in [-0.2, -0.15) is 0 Å². The Morgan fingerprint density at radius 3 is 2.24 bits per heavy atom. The Labute approximate surface area is 197 Å². The second kappa shape index (κ2) is 10.7. The number of hydrogen-bond donors (Lipinski definition) is 1. The van der Waals surface area contributed by atoms with E-state index in [1.54, 1.807) is 0 Å². The van der Waals surface area contributed by atoms with Gasteiger partial charge in [-0.1, -0.05) is 72.3 Å². The molecule has 1 atom stereocenters. The molecule has 0 aliphatic heterocycles. The van der Waals surface area contributed by atoms with Crippen LogP contribution in [0, 0.1) is 20.8 Å². The van der Waals surface area contributed by atoms with Crippen LogP contribution >= 0.6 is 0 Å². The fourth-order valence-electron chi connectivity index (χ4n) is 3.94. The number of nitrogens with zero attached hydrogens (tertiary/aromatic N) is 1. The Bertz CT molecular complexity index is 1210. The van der Waals surface area contributed by atoms with E-state index in [0.717, 1.165) is 27.8 Å². The van der Waals surface area contributed by atoms with Crippen LogP contribution in [-0.2, 0) is 14.8 Å². The molecule has 0 aromatic heterocycles. The van der Waals surface area contributed by atoms with Crippen molar-refractivity contribution >= 4 is 21.6 Å². The number of hydrogen-bond acceptors (Lipinski definition) is 3. The highest BCUT2D eigenvalue weighted by Gasteiger charge is 2.21. The number of anilines is 1. The molecule has 3 rings (SSSR count). The van der Waals surface area contributed by atoms with Gasteiger partial charge in [0.05, 0.1) is 18.0 Å². The van der Waals surface area contributed by atoms with Gasteiger partial charge in [0.2, 0.25) is 15.9 Å². The standard InChI is InChI=1S/C27H32N2O3S/c1-20-11-8-15-24(19-20)27(23-13-6-5-7-14-23)28-26(30)17-10-18-29(33(4,31)32)25-16-9-12-21(2)22(25)3/h5-9,11-16,19,27H,10,17-18H2,1-4H3,(H,28,30). The van der Waals surface area contributed by atoms with Gasteiger partial charge in [0.25, 0.3) is 0 Å². The van der Waals surface area contributed by atoms with Crippen LogP contribution in [0.3, 0.4) is 0 Å². The molecule has 1 amide bonds. The van der Waals surface area contributed by atoms with Gasteiger partial charge in [0.15, 0.2) is 0 Å². The van der Waals surface area contributed by atoms with Crippen LogP contribution in [0.15, 0.2) is 72.8 Å². The van der Waals surface area contributed by atoms with Gasteiger partial charge >= 0.3 is 0 Å². The average Bonchev–Trinajstić information content (AvgIpc) is 2.77. The minimum Gasteiger partial charge on any atom is -0.345 e. The molecule has 0 aliphatic carbocycles. The summed E-state index contributed by atoms with van der Waals surface area (Å²) in [6.07, 6.45) is 1.85. The third kappa shape index (κ3) is 6.45. The van der Waals surface area contributed by atoms with Gasteiger partial charge in [-0.25, -0.2) is 8.42 Å². The number of aryl methyl sites for hydroxylation is 2. The fourth-order valence-corrected chi connectivity index (χ4v) is 4.96. The monoisotopic (exact) mass is 464 g/mol. The van der Waals surface area contributed by atoms with Gasteiger partial charge < -0.3 is 5.32 Å². The summed E-state index contributed by atoms with van der Waals surface area (Å²) in [7, 11) is -3.47. The van der Waals surface area contributed by atoms with Crippen molar-refractivity contribution in [2.75, 3.05) is 17.1 Å². The Kier molecular flexibility index (Phi) is 7.92. The van der Waals surface area contributed by atoms with E-state index in [1.807, 2.05) is 87.5 Å². The van der Waals surface area contributed by atoms with E-state index in [2.05, 4.69) is 11.4 Å². The molecule has 0 heterocycles. The lowest BCUT2D eigenvalue weighted by molar-refractivity contribution is -0.121. The third-order valence-corrected chi connectivity index (χ3v) is 7.00. The smallest absolute Gasteiger partial charge is 0.232 e. The Balaban J connectivity index is 1.72. The van der Waals surface area contributed by atoms with E-state index >= 15 is 0 Å². The molecule has 0 aliphatic rings. The molecule has 0 bridgehead atoms. The second-order valence-corrected chi connectivity index (χ2v) is 10.4. The number of amides is 1. The molecule has 174 valence electrons. The quantitative estimate of drug-likeness (QED) is 0.481. The highest BCUT2D eigenvalue weighted by atomic mass is 32.2. The molecule has 3 aromatic carbocycles. The van der Waals surface area contributed by atoms with E-state index in [0.29, 0.717) is 12.1 Å². The SMILES string of the molecule is Cc1cccc(C(NC(=O)CCCN(c2cccc(C)c2C)S(C)(=O)=O)c2ccccc2)c1. The first kappa shape index (κ1) is 24.5. The first-order valence-electron chi connectivity index (χ1n) is 11.1. The second-order valence-electron chi connectivity index (χ2n) is 8.48. The predicted molar refractivity (Wildman–Crippen MR) is 135 cm³/mol. The van der Waals surface area contributed by atoms with Gasteiger partial charge in [-0.05, 0) is 55.5 Å². The molecular weight excluding hydrogens is 432 g/mol. The topological polar surface area (TPSA) is 66.5 Å². The van der Waals surface area contributed by atoms with Gasteiger partial charge in [0, 0.05) is 13.0 Å². The van der Waals surface area contributed by atoms with Crippen LogP contribution in [0.4, 0.5) is 5.69 Å². The van der Waals surface area contributed by atoms with E-state index < -0.39 is 10.0 Å². The van der Waals surface area contributed by atoms with Gasteiger partial charge in [-0.15, -0.1) is 0 Å². The maximum Gasteiger partial charge on any atom is 0.232 e. The molecule has 1 N–H and O–H groups in total. The molecule has 0 saturated heterocycles. The van der Waals surface area contributed by atoms with E-state index in [-0.39, 0.29) is 24.9 Å². The van der Waals surface area contributed by atoms with E-state index in [1.165, 1.54) is 10.6 Å². The molecule has 0 fully saturated rings. The zero-order valence-electron chi connectivity index (χ0n) is 19.7. The molecule has 3 aromatic rings. The predicted octanol–water partition coefficient (Wildman–Crippen LogP) is 5.06. The Morgan fingerprint density at radius 2 is 1.58 bits per heavy atom. The fraction of sp³-hybridized carbons (Fsp3) is 0.296. The minimum absolute atomic E-state index is 0.111. The summed E-state index contributed by atoms with van der Waals surface area (Å²) < 4.78 is 26.4. The summed E-state index contributed by atoms with van der Waals surface area (Å²) in [6, 6.07) is 23.3. The number of carbonyl (C=O) groups is 1. The molecule has 0 spiro atoms. The summed E-state index contributed by atoms with van der Waals surface area (Å²) in [6.45, 7) is 6.15. The van der Waals surface area contributed by atoms with Gasteiger partial charge in [-0.3, -0.25) is 9.10 Å². The highest BCUT2D eigenvalue weighted by Crippen LogP contribution is 2.26. The Morgan fingerprint density at radius 1 is 0.909 bits per heavy atom. The molecule has 1 unspecified atom stereocenters. The maximum absolute atomic E-state index is 12.9. The summed E-state index contributed by atoms with van der Waals surface area (Å²) in [5.74, 6) is -0.111. The molecule has 0 saturated carbocycles. The first-order chi connectivity index (χ1) is 15.7. The highest BCUT2D eigenvalue weighted by molar-refractivity contribution is 7.92. The summed E-state index contributed by atoms with van der Waals surface area (Å²) in [5.41, 5.74) is 5.77. The van der Waals surface area contributed by atoms with Crippen LogP contribution in [0.5, 0.6) is 0 Å². The maximum atomic E-state index is 12.9. The summed E-state index contributed by atoms with van der Waals surface area (Å²) in [4.78, 5) is 12.9. The van der Waals surface area contributed by atoms with E-state index in [9.17, 15) is 13.2 Å². The molecule has 6 heteroatoms. The lowest BCUT2D eigenvalue weighted by Crippen LogP contribution is -2.33. The van der Waals surface area contributed by atoms with Crippen LogP contribution < -0.4 is 9.62 Å². The average molecular weight is 465 g/mol. The van der Waals surface area contributed by atoms with Crippen LogP contribution in [0.25, 0.3) is 0 Å². The number of rotatable bonds is 9. The zero-order chi connectivity index (χ0) is 24.0. The van der Waals surface area contributed by atoms with E-state index in [4.69, 9.17) is 0 Å². The van der Waals surface area contributed by atoms with Crippen molar-refractivity contribution in [3.8, 4) is 0 Å². The van der Waals surface area contributed by atoms with Crippen molar-refractivity contribution < 1.29 is 13.2 Å². The normalized spacial score (nSPS) is 12.2. The molecular formula is C27H32N2O3S. The van der Waals surface area contributed by atoms with Crippen molar-refractivity contribution in [1.82, 2.24) is 5.32 Å². The van der Waals surface area contributed by atoms with Crippen molar-refractivity contribution in [2.45, 2.75) is 39.7 Å². The lowest BCUT2D eigenvalue weighted by atomic mass is 9.97. The van der Waals surface area contributed by atoms with Crippen molar-refractivity contribution in [2.24, 2.45) is 0 Å². The van der Waals surface area contributed by atoms with Crippen LogP contribution in [-0.4, -0.2) is 27.1 Å². The van der Waals surface area contributed by atoms with Crippen molar-refractivity contribution in [3.63, 3.8) is 0 Å². The molecule has 0 radical (unpaired) electrons. The van der Waals surface area contributed by atoms with Crippen LogP contribution in [0.2, 0.25) is 0 Å². The summed E-state index contributed by atoms with van der Waals surface area (Å²) in [5, 5.41) is 3.14. The number of sulfonamides is 1. The number of benzene rings is 3. The minimum atomic E-state index is -3.47. The van der Waals surface area contributed by atoms with Crippen molar-refractivity contribution in [1.29, 1.82) is 0 Å². The van der Waals surface area contributed by atoms with Crippen LogP contribution in [0.1, 0.15) is 46.7 Å². The third-order valence-electron chi connectivity index (χ3n) is 5.82. The Hall–Kier alpha value is -3.12. The lowest BCUT2D eigenvalue weighted by Gasteiger charge is -2.25. The number of carbonyl (C=O) groups excluding carboxylic acids is 1. The van der Waals surface area contributed by atoms with Crippen molar-refractivity contribution in [3.05, 3.63) is 101 Å². The first-order valence-corrected chi connectivity index (χ1v) is 13.0. The largest absolute Gasteiger partial charge is 0.345 e. The number of nitrogens with one attached hydrogen (secondary N) is 1. The summed E-state index contributed by atoms with van der Waals surface area (Å²) >= 11 is 0.